The van der Waals surface area contributed by atoms with Crippen molar-refractivity contribution >= 4 is 30.7 Å². The zero-order valence-corrected chi connectivity index (χ0v) is 27.1. The number of rotatable bonds is 9. The molecular weight excluding hydrogens is 566 g/mol. The van der Waals surface area contributed by atoms with Gasteiger partial charge in [0.05, 0.1) is 11.7 Å². The standard InChI is InChI=1S/C36H41N3O4Si/c1-25(2)37-35(42)39-24-27-23-30(34(40)41)38-33(26-15-9-6-10-16-26)32(27)31(39)21-22-43-44(36(3,4)5,28-17-11-7-12-18-28)29-19-13-8-14-20-29/h6-20,23,25,31H,21-22,24H2,1-5H3,(H,37,42)(H,40,41). The minimum absolute atomic E-state index is 0.0315. The highest BCUT2D eigenvalue weighted by Crippen LogP contribution is 2.43. The molecule has 44 heavy (non-hydrogen) atoms. The summed E-state index contributed by atoms with van der Waals surface area (Å²) in [6, 6.07) is 31.6. The van der Waals surface area contributed by atoms with Crippen LogP contribution in [0, 0.1) is 0 Å². The number of hydrogen-bond donors (Lipinski definition) is 2. The molecule has 7 nitrogen and oxygen atoms in total. The van der Waals surface area contributed by atoms with Crippen molar-refractivity contribution in [3.05, 3.63) is 114 Å². The van der Waals surface area contributed by atoms with Crippen LogP contribution < -0.4 is 15.7 Å². The predicted octanol–water partition coefficient (Wildman–Crippen LogP) is 6.39. The van der Waals surface area contributed by atoms with E-state index in [9.17, 15) is 14.7 Å². The highest BCUT2D eigenvalue weighted by atomic mass is 28.4. The number of carboxylic acids is 1. The summed E-state index contributed by atoms with van der Waals surface area (Å²) in [7, 11) is -2.80. The zero-order valence-electron chi connectivity index (χ0n) is 26.1. The maximum absolute atomic E-state index is 13.6. The van der Waals surface area contributed by atoms with Gasteiger partial charge in [-0.2, -0.15) is 0 Å². The fraction of sp³-hybridized carbons (Fsp3) is 0.306. The highest BCUT2D eigenvalue weighted by molar-refractivity contribution is 6.99. The number of aromatic carboxylic acids is 1. The van der Waals surface area contributed by atoms with Crippen molar-refractivity contribution in [1.29, 1.82) is 0 Å². The molecule has 0 radical (unpaired) electrons. The lowest BCUT2D eigenvalue weighted by atomic mass is 9.96. The molecule has 2 amide bonds. The molecule has 1 aliphatic rings. The molecule has 0 aliphatic carbocycles. The first-order chi connectivity index (χ1) is 21.0. The summed E-state index contributed by atoms with van der Waals surface area (Å²) in [6.07, 6.45) is 0.525. The molecule has 2 N–H and O–H groups in total. The van der Waals surface area contributed by atoms with Gasteiger partial charge in [-0.3, -0.25) is 0 Å². The Kier molecular flexibility index (Phi) is 9.04. The monoisotopic (exact) mass is 607 g/mol. The topological polar surface area (TPSA) is 91.8 Å². The second-order valence-electron chi connectivity index (χ2n) is 12.6. The number of benzene rings is 3. The maximum Gasteiger partial charge on any atom is 0.354 e. The third-order valence-corrected chi connectivity index (χ3v) is 13.3. The summed E-state index contributed by atoms with van der Waals surface area (Å²) in [5.41, 5.74) is 3.06. The summed E-state index contributed by atoms with van der Waals surface area (Å²) in [5, 5.41) is 15.1. The molecule has 5 rings (SSSR count). The predicted molar refractivity (Wildman–Crippen MR) is 177 cm³/mol. The molecule has 1 aliphatic heterocycles. The molecule has 0 bridgehead atoms. The molecule has 0 saturated carbocycles. The Morgan fingerprint density at radius 1 is 0.955 bits per heavy atom. The molecular formula is C36H41N3O4Si. The van der Waals surface area contributed by atoms with Gasteiger partial charge in [-0.15, -0.1) is 0 Å². The van der Waals surface area contributed by atoms with Gasteiger partial charge < -0.3 is 19.7 Å². The fourth-order valence-corrected chi connectivity index (χ4v) is 11.0. The molecule has 0 fully saturated rings. The van der Waals surface area contributed by atoms with Crippen LogP contribution in [0.25, 0.3) is 11.3 Å². The molecule has 1 aromatic heterocycles. The molecule has 1 atom stereocenters. The Hall–Kier alpha value is -4.27. The minimum Gasteiger partial charge on any atom is -0.477 e. The van der Waals surface area contributed by atoms with Crippen LogP contribution in [-0.4, -0.2) is 48.0 Å². The SMILES string of the molecule is CC(C)NC(=O)N1Cc2cc(C(=O)O)nc(-c3ccccc3)c2C1CCO[Si](c1ccccc1)(c1ccccc1)C(C)(C)C. The van der Waals surface area contributed by atoms with E-state index in [-0.39, 0.29) is 28.8 Å². The molecule has 2 heterocycles. The Balaban J connectivity index is 1.59. The molecule has 0 saturated heterocycles. The van der Waals surface area contributed by atoms with Gasteiger partial charge in [0, 0.05) is 30.3 Å². The molecule has 8 heteroatoms. The summed E-state index contributed by atoms with van der Waals surface area (Å²) in [4.78, 5) is 32.1. The smallest absolute Gasteiger partial charge is 0.354 e. The summed E-state index contributed by atoms with van der Waals surface area (Å²) >= 11 is 0. The van der Waals surface area contributed by atoms with Crippen LogP contribution in [0.1, 0.15) is 68.7 Å². The molecule has 4 aromatic rings. The van der Waals surface area contributed by atoms with Crippen molar-refractivity contribution < 1.29 is 19.1 Å². The van der Waals surface area contributed by atoms with Gasteiger partial charge in [0.2, 0.25) is 0 Å². The lowest BCUT2D eigenvalue weighted by Crippen LogP contribution is -2.66. The van der Waals surface area contributed by atoms with Gasteiger partial charge in [0.1, 0.15) is 5.69 Å². The highest BCUT2D eigenvalue weighted by Gasteiger charge is 2.50. The summed E-state index contributed by atoms with van der Waals surface area (Å²) in [6.45, 7) is 11.3. The van der Waals surface area contributed by atoms with Gasteiger partial charge in [-0.25, -0.2) is 14.6 Å². The van der Waals surface area contributed by atoms with E-state index in [0.717, 1.165) is 16.7 Å². The quantitative estimate of drug-likeness (QED) is 0.215. The number of urea groups is 1. The van der Waals surface area contributed by atoms with Gasteiger partial charge in [-0.1, -0.05) is 112 Å². The van der Waals surface area contributed by atoms with E-state index >= 15 is 0 Å². The lowest BCUT2D eigenvalue weighted by molar-refractivity contribution is 0.0690. The van der Waals surface area contributed by atoms with Crippen LogP contribution in [0.3, 0.4) is 0 Å². The molecule has 228 valence electrons. The molecule has 3 aromatic carbocycles. The van der Waals surface area contributed by atoms with Crippen molar-refractivity contribution in [3.8, 4) is 11.3 Å². The average molecular weight is 608 g/mol. The van der Waals surface area contributed by atoms with E-state index in [1.807, 2.05) is 56.3 Å². The zero-order chi connectivity index (χ0) is 31.5. The van der Waals surface area contributed by atoms with Crippen LogP contribution in [0.5, 0.6) is 0 Å². The van der Waals surface area contributed by atoms with Gasteiger partial charge >= 0.3 is 12.0 Å². The van der Waals surface area contributed by atoms with Crippen molar-refractivity contribution in [2.24, 2.45) is 0 Å². The van der Waals surface area contributed by atoms with Crippen molar-refractivity contribution in [2.45, 2.75) is 64.7 Å². The van der Waals surface area contributed by atoms with Crippen molar-refractivity contribution in [1.82, 2.24) is 15.2 Å². The van der Waals surface area contributed by atoms with Crippen LogP contribution in [0.2, 0.25) is 5.04 Å². The van der Waals surface area contributed by atoms with E-state index in [1.165, 1.54) is 10.4 Å². The molecule has 1 unspecified atom stereocenters. The molecule has 0 spiro atoms. The number of fused-ring (bicyclic) bond motifs is 1. The van der Waals surface area contributed by atoms with Crippen LogP contribution in [0.4, 0.5) is 4.79 Å². The Bertz CT molecular complexity index is 1570. The number of carbonyl (C=O) groups excluding carboxylic acids is 1. The second-order valence-corrected chi connectivity index (χ2v) is 17.0. The number of hydrogen-bond acceptors (Lipinski definition) is 4. The van der Waals surface area contributed by atoms with Crippen molar-refractivity contribution in [3.63, 3.8) is 0 Å². The summed E-state index contributed by atoms with van der Waals surface area (Å²) < 4.78 is 7.23. The average Bonchev–Trinajstić information content (AvgIpc) is 3.38. The maximum atomic E-state index is 13.6. The van der Waals surface area contributed by atoms with E-state index < -0.39 is 14.3 Å². The van der Waals surface area contributed by atoms with E-state index in [0.29, 0.717) is 25.3 Å². The Labute approximate surface area is 261 Å². The second kappa shape index (κ2) is 12.8. The van der Waals surface area contributed by atoms with E-state index in [2.05, 4.69) is 79.6 Å². The number of nitrogens with zero attached hydrogens (tertiary/aromatic N) is 2. The first kappa shape index (κ1) is 31.2. The Morgan fingerprint density at radius 3 is 2.00 bits per heavy atom. The number of amides is 2. The summed E-state index contributed by atoms with van der Waals surface area (Å²) in [5.74, 6) is -1.10. The third kappa shape index (κ3) is 6.05. The first-order valence-corrected chi connectivity index (χ1v) is 17.1. The minimum atomic E-state index is -2.80. The number of aromatic nitrogens is 1. The van der Waals surface area contributed by atoms with Gasteiger partial charge in [0.15, 0.2) is 0 Å². The lowest BCUT2D eigenvalue weighted by Gasteiger charge is -2.43. The van der Waals surface area contributed by atoms with Crippen molar-refractivity contribution in [2.75, 3.05) is 6.61 Å². The number of nitrogens with one attached hydrogen (secondary N) is 1. The number of carboxylic acid groups (broad SMARTS) is 1. The van der Waals surface area contributed by atoms with Crippen LogP contribution in [-0.2, 0) is 11.0 Å². The van der Waals surface area contributed by atoms with Gasteiger partial charge in [-0.05, 0) is 47.3 Å². The number of carbonyl (C=O) groups is 2. The van der Waals surface area contributed by atoms with E-state index in [1.54, 1.807) is 11.0 Å². The van der Waals surface area contributed by atoms with E-state index in [4.69, 9.17) is 4.43 Å². The van der Waals surface area contributed by atoms with Gasteiger partial charge in [0.25, 0.3) is 8.32 Å². The largest absolute Gasteiger partial charge is 0.477 e. The van der Waals surface area contributed by atoms with Crippen LogP contribution >= 0.6 is 0 Å². The normalized spacial score (nSPS) is 14.9. The Morgan fingerprint density at radius 2 is 1.50 bits per heavy atom. The number of pyridine rings is 1. The van der Waals surface area contributed by atoms with Crippen LogP contribution in [0.15, 0.2) is 97.1 Å². The fourth-order valence-electron chi connectivity index (χ4n) is 6.41. The first-order valence-electron chi connectivity index (χ1n) is 15.2. The third-order valence-electron chi connectivity index (χ3n) is 8.26.